The fraction of sp³-hybridized carbons (Fsp3) is 0.667. The van der Waals surface area contributed by atoms with Gasteiger partial charge in [-0.2, -0.15) is 4.98 Å². The molecular weight excluding hydrogens is 282 g/mol. The van der Waals surface area contributed by atoms with Crippen LogP contribution in [-0.4, -0.2) is 52.0 Å². The van der Waals surface area contributed by atoms with Crippen LogP contribution in [0.15, 0.2) is 6.20 Å². The molecule has 0 aliphatic carbocycles. The highest BCUT2D eigenvalue weighted by Crippen LogP contribution is 2.30. The lowest BCUT2D eigenvalue weighted by Gasteiger charge is -2.26. The van der Waals surface area contributed by atoms with Crippen molar-refractivity contribution in [2.45, 2.75) is 25.3 Å². The van der Waals surface area contributed by atoms with Crippen molar-refractivity contribution in [1.29, 1.82) is 0 Å². The number of hydrogen-bond donors (Lipinski definition) is 0. The van der Waals surface area contributed by atoms with E-state index in [1.165, 1.54) is 12.6 Å². The van der Waals surface area contributed by atoms with Crippen molar-refractivity contribution in [2.24, 2.45) is 0 Å². The zero-order valence-electron chi connectivity index (χ0n) is 11.0. The van der Waals surface area contributed by atoms with Gasteiger partial charge in [-0.1, -0.05) is 0 Å². The zero-order valence-corrected chi connectivity index (χ0v) is 11.8. The highest BCUT2D eigenvalue weighted by molar-refractivity contribution is 6.28. The Balaban J connectivity index is 1.91. The summed E-state index contributed by atoms with van der Waals surface area (Å²) in [4.78, 5) is 23.0. The Bertz CT molecular complexity index is 527. The molecule has 0 saturated carbocycles. The lowest BCUT2D eigenvalue weighted by atomic mass is 10.2. The van der Waals surface area contributed by atoms with Crippen LogP contribution in [0.3, 0.4) is 0 Å². The minimum Gasteiger partial charge on any atom is -0.349 e. The predicted octanol–water partition coefficient (Wildman–Crippen LogP) is 1.71. The molecule has 0 bridgehead atoms. The number of rotatable bonds is 2. The number of nitro groups is 1. The molecule has 7 nitrogen and oxygen atoms in total. The summed E-state index contributed by atoms with van der Waals surface area (Å²) in [5.74, 6) is 0.351. The summed E-state index contributed by atoms with van der Waals surface area (Å²) in [5.41, 5.74) is -0.0687. The third-order valence-corrected chi connectivity index (χ3v) is 4.20. The second kappa shape index (κ2) is 5.49. The maximum atomic E-state index is 11.1. The standard InChI is InChI=1S/C12H16ClN5O2/c13-12-14-7-10(18(19)20)11(15-12)17-6-2-5-16-4-1-3-9(16)8-17/h7,9H,1-6,8H2. The van der Waals surface area contributed by atoms with Gasteiger partial charge < -0.3 is 4.90 Å². The number of halogens is 1. The summed E-state index contributed by atoms with van der Waals surface area (Å²) in [6, 6.07) is 0.464. The third kappa shape index (κ3) is 2.55. The molecule has 0 radical (unpaired) electrons. The number of aromatic nitrogens is 2. The average Bonchev–Trinajstić information content (AvgIpc) is 2.75. The lowest BCUT2D eigenvalue weighted by Crippen LogP contribution is -2.37. The molecule has 0 aromatic carbocycles. The van der Waals surface area contributed by atoms with Crippen molar-refractivity contribution in [3.05, 3.63) is 21.6 Å². The van der Waals surface area contributed by atoms with Gasteiger partial charge in [0, 0.05) is 25.7 Å². The smallest absolute Gasteiger partial charge is 0.329 e. The normalized spacial score (nSPS) is 23.4. The first-order valence-electron chi connectivity index (χ1n) is 6.81. The maximum Gasteiger partial charge on any atom is 0.329 e. The van der Waals surface area contributed by atoms with Crippen molar-refractivity contribution in [2.75, 3.05) is 31.1 Å². The van der Waals surface area contributed by atoms with Gasteiger partial charge in [-0.05, 0) is 37.4 Å². The molecule has 1 aromatic rings. The Labute approximate surface area is 121 Å². The molecule has 1 atom stereocenters. The van der Waals surface area contributed by atoms with Crippen LogP contribution in [0.4, 0.5) is 11.5 Å². The van der Waals surface area contributed by atoms with E-state index in [2.05, 4.69) is 14.9 Å². The van der Waals surface area contributed by atoms with Gasteiger partial charge in [0.1, 0.15) is 6.20 Å². The van der Waals surface area contributed by atoms with Crippen molar-refractivity contribution in [3.63, 3.8) is 0 Å². The van der Waals surface area contributed by atoms with Crippen LogP contribution in [0.5, 0.6) is 0 Å². The molecule has 3 heterocycles. The molecule has 3 rings (SSSR count). The van der Waals surface area contributed by atoms with Crippen LogP contribution >= 0.6 is 11.6 Å². The fourth-order valence-electron chi connectivity index (χ4n) is 3.11. The van der Waals surface area contributed by atoms with Gasteiger partial charge in [-0.3, -0.25) is 15.0 Å². The minimum absolute atomic E-state index is 0.0538. The Hall–Kier alpha value is -1.47. The van der Waals surface area contributed by atoms with E-state index < -0.39 is 4.92 Å². The molecule has 8 heteroatoms. The van der Waals surface area contributed by atoms with E-state index in [0.29, 0.717) is 11.9 Å². The van der Waals surface area contributed by atoms with Crippen LogP contribution in [0.1, 0.15) is 19.3 Å². The van der Waals surface area contributed by atoms with Crippen molar-refractivity contribution in [1.82, 2.24) is 14.9 Å². The summed E-state index contributed by atoms with van der Waals surface area (Å²) >= 11 is 5.81. The molecule has 1 unspecified atom stereocenters. The monoisotopic (exact) mass is 297 g/mol. The Morgan fingerprint density at radius 2 is 2.15 bits per heavy atom. The highest BCUT2D eigenvalue weighted by atomic mass is 35.5. The van der Waals surface area contributed by atoms with E-state index >= 15 is 0 Å². The second-order valence-corrected chi connectivity index (χ2v) is 5.57. The molecule has 0 N–H and O–H groups in total. The maximum absolute atomic E-state index is 11.1. The van der Waals surface area contributed by atoms with Gasteiger partial charge in [0.25, 0.3) is 0 Å². The summed E-state index contributed by atoms with van der Waals surface area (Å²) in [5, 5.41) is 11.2. The van der Waals surface area contributed by atoms with Crippen LogP contribution in [-0.2, 0) is 0 Å². The predicted molar refractivity (Wildman–Crippen MR) is 75.1 cm³/mol. The van der Waals surface area contributed by atoms with Gasteiger partial charge in [-0.15, -0.1) is 0 Å². The highest BCUT2D eigenvalue weighted by Gasteiger charge is 2.32. The molecule has 2 saturated heterocycles. The van der Waals surface area contributed by atoms with Crippen molar-refractivity contribution in [3.8, 4) is 0 Å². The minimum atomic E-state index is -0.441. The van der Waals surface area contributed by atoms with Gasteiger partial charge in [0.15, 0.2) is 0 Å². The molecule has 108 valence electrons. The average molecular weight is 298 g/mol. The summed E-state index contributed by atoms with van der Waals surface area (Å²) in [7, 11) is 0. The fourth-order valence-corrected chi connectivity index (χ4v) is 3.24. The third-order valence-electron chi connectivity index (χ3n) is 4.02. The molecule has 2 aliphatic rings. The van der Waals surface area contributed by atoms with E-state index in [4.69, 9.17) is 11.6 Å². The first kappa shape index (κ1) is 13.5. The van der Waals surface area contributed by atoms with Gasteiger partial charge in [0.2, 0.25) is 11.1 Å². The molecule has 20 heavy (non-hydrogen) atoms. The number of hydrogen-bond acceptors (Lipinski definition) is 6. The van der Waals surface area contributed by atoms with Crippen LogP contribution in [0.25, 0.3) is 0 Å². The van der Waals surface area contributed by atoms with E-state index in [1.807, 2.05) is 4.90 Å². The molecule has 0 spiro atoms. The Morgan fingerprint density at radius 3 is 2.95 bits per heavy atom. The Kier molecular flexibility index (Phi) is 3.71. The van der Waals surface area contributed by atoms with E-state index in [1.54, 1.807) is 0 Å². The molecular formula is C12H16ClN5O2. The second-order valence-electron chi connectivity index (χ2n) is 5.24. The number of nitrogens with zero attached hydrogens (tertiary/aromatic N) is 5. The van der Waals surface area contributed by atoms with Crippen LogP contribution < -0.4 is 4.90 Å². The summed E-state index contributed by atoms with van der Waals surface area (Å²) < 4.78 is 0. The van der Waals surface area contributed by atoms with E-state index in [-0.39, 0.29) is 11.0 Å². The zero-order chi connectivity index (χ0) is 14.1. The Morgan fingerprint density at radius 1 is 1.35 bits per heavy atom. The first-order chi connectivity index (χ1) is 9.65. The molecule has 1 aromatic heterocycles. The number of anilines is 1. The molecule has 2 aliphatic heterocycles. The first-order valence-corrected chi connectivity index (χ1v) is 7.19. The number of fused-ring (bicyclic) bond motifs is 1. The van der Waals surface area contributed by atoms with Crippen molar-refractivity contribution < 1.29 is 4.92 Å². The largest absolute Gasteiger partial charge is 0.349 e. The van der Waals surface area contributed by atoms with Gasteiger partial charge in [0.05, 0.1) is 4.92 Å². The SMILES string of the molecule is O=[N+]([O-])c1cnc(Cl)nc1N1CCCN2CCCC2C1. The summed E-state index contributed by atoms with van der Waals surface area (Å²) in [6.07, 6.45) is 4.52. The van der Waals surface area contributed by atoms with E-state index in [0.717, 1.165) is 39.0 Å². The van der Waals surface area contributed by atoms with Crippen LogP contribution in [0, 0.1) is 10.1 Å². The summed E-state index contributed by atoms with van der Waals surface area (Å²) in [6.45, 7) is 3.72. The molecule has 2 fully saturated rings. The van der Waals surface area contributed by atoms with Crippen molar-refractivity contribution >= 4 is 23.1 Å². The van der Waals surface area contributed by atoms with Crippen LogP contribution in [0.2, 0.25) is 5.28 Å². The van der Waals surface area contributed by atoms with Gasteiger partial charge >= 0.3 is 5.69 Å². The van der Waals surface area contributed by atoms with Gasteiger partial charge in [-0.25, -0.2) is 4.98 Å². The quantitative estimate of drug-likeness (QED) is 0.470. The van der Waals surface area contributed by atoms with E-state index in [9.17, 15) is 10.1 Å². The lowest BCUT2D eigenvalue weighted by molar-refractivity contribution is -0.384. The molecule has 0 amide bonds. The topological polar surface area (TPSA) is 75.4 Å².